The number of nitro benzene ring substituents is 1. The van der Waals surface area contributed by atoms with Crippen molar-refractivity contribution in [2.75, 3.05) is 19.6 Å². The molecule has 110 valence electrons. The molecule has 1 saturated heterocycles. The van der Waals surface area contributed by atoms with E-state index in [-0.39, 0.29) is 5.38 Å². The zero-order chi connectivity index (χ0) is 14.5. The largest absolute Gasteiger partial charge is 0.305 e. The monoisotopic (exact) mass is 300 g/mol. The minimum Gasteiger partial charge on any atom is -0.302 e. The van der Waals surface area contributed by atoms with E-state index < -0.39 is 16.4 Å². The van der Waals surface area contributed by atoms with E-state index >= 15 is 0 Å². The first-order valence-electron chi connectivity index (χ1n) is 6.88. The Morgan fingerprint density at radius 2 is 1.95 bits per heavy atom. The Hall–Kier alpha value is -1.20. The Balaban J connectivity index is 2.06. The number of nitrogens with zero attached hydrogens (tertiary/aromatic N) is 2. The number of nitro groups is 1. The van der Waals surface area contributed by atoms with Gasteiger partial charge in [0.25, 0.3) is 0 Å². The summed E-state index contributed by atoms with van der Waals surface area (Å²) in [6.45, 7) is 2.66. The third-order valence-corrected chi connectivity index (χ3v) is 4.04. The van der Waals surface area contributed by atoms with Crippen molar-refractivity contribution < 1.29 is 9.31 Å². The molecule has 4 nitrogen and oxygen atoms in total. The maximum Gasteiger partial charge on any atom is 0.305 e. The van der Waals surface area contributed by atoms with E-state index in [1.54, 1.807) is 0 Å². The summed E-state index contributed by atoms with van der Waals surface area (Å²) >= 11 is 6.34. The van der Waals surface area contributed by atoms with Gasteiger partial charge in [0.1, 0.15) is 0 Å². The molecular formula is C14H18ClFN2O2. The Bertz CT molecular complexity index is 476. The molecule has 1 unspecified atom stereocenters. The predicted molar refractivity (Wildman–Crippen MR) is 76.6 cm³/mol. The summed E-state index contributed by atoms with van der Waals surface area (Å²) in [5, 5.41) is 10.4. The normalized spacial score (nSPS) is 18.5. The van der Waals surface area contributed by atoms with Crippen LogP contribution in [0.3, 0.4) is 0 Å². The summed E-state index contributed by atoms with van der Waals surface area (Å²) in [4.78, 5) is 12.3. The second kappa shape index (κ2) is 6.99. The van der Waals surface area contributed by atoms with E-state index in [4.69, 9.17) is 11.6 Å². The van der Waals surface area contributed by atoms with Gasteiger partial charge in [-0.25, -0.2) is 0 Å². The Morgan fingerprint density at radius 1 is 1.30 bits per heavy atom. The van der Waals surface area contributed by atoms with Gasteiger partial charge in [-0.2, -0.15) is 4.39 Å². The van der Waals surface area contributed by atoms with Crippen LogP contribution in [0.1, 0.15) is 36.6 Å². The molecule has 0 saturated carbocycles. The Morgan fingerprint density at radius 3 is 2.55 bits per heavy atom. The number of rotatable bonds is 4. The van der Waals surface area contributed by atoms with Crippen molar-refractivity contribution in [3.05, 3.63) is 39.7 Å². The molecule has 0 amide bonds. The number of alkyl halides is 1. The molecule has 6 heteroatoms. The minimum atomic E-state index is -0.822. The molecule has 1 aliphatic heterocycles. The fourth-order valence-electron chi connectivity index (χ4n) is 2.52. The van der Waals surface area contributed by atoms with Gasteiger partial charge < -0.3 is 4.90 Å². The van der Waals surface area contributed by atoms with Crippen LogP contribution in [0.2, 0.25) is 0 Å². The van der Waals surface area contributed by atoms with Gasteiger partial charge >= 0.3 is 5.69 Å². The molecule has 20 heavy (non-hydrogen) atoms. The number of likely N-dealkylation sites (tertiary alicyclic amines) is 1. The first kappa shape index (κ1) is 15.2. The molecule has 1 atom stereocenters. The fourth-order valence-corrected chi connectivity index (χ4v) is 2.85. The minimum absolute atomic E-state index is 0.354. The highest BCUT2D eigenvalue weighted by atomic mass is 35.5. The first-order valence-corrected chi connectivity index (χ1v) is 7.32. The molecule has 0 bridgehead atoms. The maximum atomic E-state index is 13.3. The average Bonchev–Trinajstić information content (AvgIpc) is 2.67. The third-order valence-electron chi connectivity index (χ3n) is 3.65. The van der Waals surface area contributed by atoms with E-state index in [0.29, 0.717) is 12.1 Å². The van der Waals surface area contributed by atoms with Crippen molar-refractivity contribution in [1.29, 1.82) is 0 Å². The highest BCUT2D eigenvalue weighted by Crippen LogP contribution is 2.27. The van der Waals surface area contributed by atoms with E-state index in [2.05, 4.69) is 4.90 Å². The zero-order valence-corrected chi connectivity index (χ0v) is 12.0. The first-order chi connectivity index (χ1) is 9.58. The van der Waals surface area contributed by atoms with Crippen LogP contribution >= 0.6 is 11.6 Å². The predicted octanol–water partition coefficient (Wildman–Crippen LogP) is 3.89. The molecule has 1 heterocycles. The molecule has 1 aromatic carbocycles. The highest BCUT2D eigenvalue weighted by molar-refractivity contribution is 6.21. The highest BCUT2D eigenvalue weighted by Gasteiger charge is 2.20. The van der Waals surface area contributed by atoms with E-state index in [1.807, 2.05) is 0 Å². The van der Waals surface area contributed by atoms with Crippen LogP contribution in [0.15, 0.2) is 18.2 Å². The van der Waals surface area contributed by atoms with Crippen molar-refractivity contribution in [2.24, 2.45) is 0 Å². The van der Waals surface area contributed by atoms with Gasteiger partial charge in [0.05, 0.1) is 10.3 Å². The van der Waals surface area contributed by atoms with Crippen molar-refractivity contribution in [1.82, 2.24) is 4.90 Å². The van der Waals surface area contributed by atoms with E-state index in [9.17, 15) is 14.5 Å². The summed E-state index contributed by atoms with van der Waals surface area (Å²) in [5.41, 5.74) is 0.0908. The maximum absolute atomic E-state index is 13.3. The van der Waals surface area contributed by atoms with Gasteiger partial charge in [0, 0.05) is 12.6 Å². The van der Waals surface area contributed by atoms with Crippen LogP contribution in [0, 0.1) is 15.9 Å². The van der Waals surface area contributed by atoms with Gasteiger partial charge in [-0.1, -0.05) is 18.9 Å². The number of hydrogen-bond donors (Lipinski definition) is 0. The number of hydrogen-bond acceptors (Lipinski definition) is 3. The second-order valence-corrected chi connectivity index (χ2v) is 5.68. The molecule has 1 fully saturated rings. The topological polar surface area (TPSA) is 46.4 Å². The molecule has 1 aromatic rings. The van der Waals surface area contributed by atoms with Crippen molar-refractivity contribution in [3.8, 4) is 0 Å². The zero-order valence-electron chi connectivity index (χ0n) is 11.2. The van der Waals surface area contributed by atoms with Gasteiger partial charge in [-0.15, -0.1) is 11.6 Å². The fraction of sp³-hybridized carbons (Fsp3) is 0.571. The van der Waals surface area contributed by atoms with Gasteiger partial charge in [-0.3, -0.25) is 10.1 Å². The standard InChI is InChI=1S/C14H18ClFN2O2/c15-12(10-17-7-3-1-2-4-8-17)11-5-6-13(16)14(9-11)18(19)20/h5-6,9,12H,1-4,7-8,10H2. The molecule has 0 spiro atoms. The third kappa shape index (κ3) is 3.90. The summed E-state index contributed by atoms with van der Waals surface area (Å²) in [6, 6.07) is 3.88. The van der Waals surface area contributed by atoms with Crippen LogP contribution in [0.5, 0.6) is 0 Å². The lowest BCUT2D eigenvalue weighted by Crippen LogP contribution is -2.28. The summed E-state index contributed by atoms with van der Waals surface area (Å²) in [6.07, 6.45) is 4.80. The van der Waals surface area contributed by atoms with Crippen molar-refractivity contribution in [3.63, 3.8) is 0 Å². The molecule has 0 aliphatic carbocycles. The second-order valence-electron chi connectivity index (χ2n) is 5.15. The van der Waals surface area contributed by atoms with Crippen molar-refractivity contribution >= 4 is 17.3 Å². The summed E-state index contributed by atoms with van der Waals surface area (Å²) in [7, 11) is 0. The lowest BCUT2D eigenvalue weighted by atomic mass is 10.1. The molecule has 2 rings (SSSR count). The van der Waals surface area contributed by atoms with Gasteiger partial charge in [0.2, 0.25) is 5.82 Å². The SMILES string of the molecule is O=[N+]([O-])c1cc(C(Cl)CN2CCCCCC2)ccc1F. The van der Waals surface area contributed by atoms with Crippen LogP contribution in [-0.4, -0.2) is 29.5 Å². The van der Waals surface area contributed by atoms with Gasteiger partial charge in [-0.05, 0) is 37.6 Å². The van der Waals surface area contributed by atoms with Crippen molar-refractivity contribution in [2.45, 2.75) is 31.1 Å². The average molecular weight is 301 g/mol. The Labute approximate surface area is 122 Å². The lowest BCUT2D eigenvalue weighted by Gasteiger charge is -2.22. The van der Waals surface area contributed by atoms with Crippen LogP contribution in [0.25, 0.3) is 0 Å². The Kier molecular flexibility index (Phi) is 5.31. The van der Waals surface area contributed by atoms with E-state index in [1.165, 1.54) is 25.0 Å². The molecule has 0 aromatic heterocycles. The summed E-state index contributed by atoms with van der Waals surface area (Å²) < 4.78 is 13.3. The van der Waals surface area contributed by atoms with Gasteiger partial charge in [0.15, 0.2) is 0 Å². The quantitative estimate of drug-likeness (QED) is 0.481. The number of halogens is 2. The van der Waals surface area contributed by atoms with E-state index in [0.717, 1.165) is 32.0 Å². The molecule has 1 aliphatic rings. The van der Waals surface area contributed by atoms with Crippen LogP contribution < -0.4 is 0 Å². The summed E-state index contributed by atoms with van der Waals surface area (Å²) in [5.74, 6) is -0.822. The molecule has 0 N–H and O–H groups in total. The molecular weight excluding hydrogens is 283 g/mol. The lowest BCUT2D eigenvalue weighted by molar-refractivity contribution is -0.387. The van der Waals surface area contributed by atoms with Crippen LogP contribution in [0.4, 0.5) is 10.1 Å². The number of benzene rings is 1. The van der Waals surface area contributed by atoms with Crippen LogP contribution in [-0.2, 0) is 0 Å². The molecule has 0 radical (unpaired) electrons. The smallest absolute Gasteiger partial charge is 0.302 e.